The molecule has 0 unspecified atom stereocenters. The van der Waals surface area contributed by atoms with E-state index in [4.69, 9.17) is 0 Å². The maximum Gasteiger partial charge on any atom is 0.228 e. The van der Waals surface area contributed by atoms with Gasteiger partial charge in [-0.1, -0.05) is 51.1 Å². The lowest BCUT2D eigenvalue weighted by Crippen LogP contribution is -2.68. The van der Waals surface area contributed by atoms with Gasteiger partial charge in [0, 0.05) is 24.3 Å². The molecule has 0 saturated carbocycles. The number of hydrogen-bond acceptors (Lipinski definition) is 3. The highest BCUT2D eigenvalue weighted by Gasteiger charge is 2.53. The van der Waals surface area contributed by atoms with Crippen LogP contribution in [-0.2, 0) is 11.3 Å². The van der Waals surface area contributed by atoms with Gasteiger partial charge in [0.25, 0.3) is 0 Å². The third-order valence-electron chi connectivity index (χ3n) is 4.33. The minimum absolute atomic E-state index is 0.163. The van der Waals surface area contributed by atoms with Gasteiger partial charge in [-0.3, -0.25) is 9.69 Å². The fraction of sp³-hybridized carbons (Fsp3) is 0.588. The fourth-order valence-electron chi connectivity index (χ4n) is 3.13. The lowest BCUT2D eigenvalue weighted by Gasteiger charge is -2.53. The monoisotopic (exact) mass is 304 g/mol. The van der Waals surface area contributed by atoms with Gasteiger partial charge in [-0.05, 0) is 5.56 Å². The highest BCUT2D eigenvalue weighted by atomic mass is 32.2. The van der Waals surface area contributed by atoms with E-state index in [1.807, 2.05) is 37.4 Å². The molecule has 21 heavy (non-hydrogen) atoms. The summed E-state index contributed by atoms with van der Waals surface area (Å²) in [6.07, 6.45) is 0. The number of carbonyl (C=O) groups excluding carboxylic acids is 1. The first kappa shape index (κ1) is 14.9. The van der Waals surface area contributed by atoms with Crippen molar-refractivity contribution in [2.75, 3.05) is 25.4 Å². The number of likely N-dealkylation sites (tertiary alicyclic amines) is 1. The normalized spacial score (nSPS) is 21.6. The third-order valence-corrected chi connectivity index (χ3v) is 5.77. The van der Waals surface area contributed by atoms with Gasteiger partial charge in [0.15, 0.2) is 0 Å². The van der Waals surface area contributed by atoms with E-state index in [2.05, 4.69) is 35.2 Å². The Morgan fingerprint density at radius 1 is 1.24 bits per heavy atom. The summed E-state index contributed by atoms with van der Waals surface area (Å²) < 4.78 is 0. The number of thioether (sulfide) groups is 1. The summed E-state index contributed by atoms with van der Waals surface area (Å²) in [4.78, 5) is 17.1. The van der Waals surface area contributed by atoms with Gasteiger partial charge in [0.05, 0.1) is 13.1 Å². The fourth-order valence-corrected chi connectivity index (χ4v) is 4.65. The molecular formula is C17H24N2OS. The number of nitrogens with zero attached hydrogens (tertiary/aromatic N) is 2. The summed E-state index contributed by atoms with van der Waals surface area (Å²) in [5.41, 5.74) is 1.09. The van der Waals surface area contributed by atoms with E-state index in [0.29, 0.717) is 0 Å². The molecule has 0 radical (unpaired) electrons. The average Bonchev–Trinajstić information content (AvgIpc) is 2.80. The summed E-state index contributed by atoms with van der Waals surface area (Å²) in [6.45, 7) is 9.88. The van der Waals surface area contributed by atoms with Gasteiger partial charge in [-0.2, -0.15) is 0 Å². The van der Waals surface area contributed by atoms with Crippen molar-refractivity contribution in [1.29, 1.82) is 0 Å². The molecule has 1 spiro atoms. The van der Waals surface area contributed by atoms with Crippen molar-refractivity contribution in [1.82, 2.24) is 9.80 Å². The van der Waals surface area contributed by atoms with Gasteiger partial charge < -0.3 is 4.90 Å². The first-order valence-electron chi connectivity index (χ1n) is 7.63. The predicted octanol–water partition coefficient (Wildman–Crippen LogP) is 2.82. The van der Waals surface area contributed by atoms with Crippen molar-refractivity contribution in [3.8, 4) is 0 Å². The van der Waals surface area contributed by atoms with Gasteiger partial charge in [0.1, 0.15) is 4.87 Å². The number of carbonyl (C=O) groups is 1. The van der Waals surface area contributed by atoms with E-state index in [1.54, 1.807) is 0 Å². The zero-order valence-electron chi connectivity index (χ0n) is 13.1. The Bertz CT molecular complexity index is 517. The molecule has 2 heterocycles. The van der Waals surface area contributed by atoms with Gasteiger partial charge in [-0.15, -0.1) is 11.8 Å². The largest absolute Gasteiger partial charge is 0.337 e. The molecular weight excluding hydrogens is 280 g/mol. The lowest BCUT2D eigenvalue weighted by atomic mass is 9.91. The minimum atomic E-state index is -0.269. The van der Waals surface area contributed by atoms with E-state index in [9.17, 15) is 4.79 Å². The summed E-state index contributed by atoms with van der Waals surface area (Å²) >= 11 is 2.02. The quantitative estimate of drug-likeness (QED) is 0.839. The standard InChI is InChI=1S/C17H24N2OS/c1-16(2,3)15(20)18-12-17(13-18)19(9-10-21-17)11-14-7-5-4-6-8-14/h4-8H,9-13H2,1-3H3. The van der Waals surface area contributed by atoms with Crippen LogP contribution in [0.4, 0.5) is 0 Å². The molecule has 3 rings (SSSR count). The van der Waals surface area contributed by atoms with E-state index in [1.165, 1.54) is 11.3 Å². The molecule has 2 fully saturated rings. The van der Waals surface area contributed by atoms with E-state index in [-0.39, 0.29) is 16.2 Å². The molecule has 2 aliphatic heterocycles. The Morgan fingerprint density at radius 3 is 2.52 bits per heavy atom. The van der Waals surface area contributed by atoms with Crippen LogP contribution in [0.2, 0.25) is 0 Å². The number of amides is 1. The highest BCUT2D eigenvalue weighted by molar-refractivity contribution is 8.01. The molecule has 3 nitrogen and oxygen atoms in total. The van der Waals surface area contributed by atoms with Crippen LogP contribution in [-0.4, -0.2) is 46.0 Å². The molecule has 2 saturated heterocycles. The van der Waals surface area contributed by atoms with Gasteiger partial charge in [0.2, 0.25) is 5.91 Å². The number of hydrogen-bond donors (Lipinski definition) is 0. The van der Waals surface area contributed by atoms with Crippen LogP contribution in [0.15, 0.2) is 30.3 Å². The smallest absolute Gasteiger partial charge is 0.228 e. The van der Waals surface area contributed by atoms with Crippen LogP contribution < -0.4 is 0 Å². The van der Waals surface area contributed by atoms with Crippen molar-refractivity contribution in [2.45, 2.75) is 32.2 Å². The SMILES string of the molecule is CC(C)(C)C(=O)N1CC2(C1)SCCN2Cc1ccccc1. The zero-order chi connectivity index (χ0) is 15.1. The maximum atomic E-state index is 12.4. The van der Waals surface area contributed by atoms with Crippen molar-refractivity contribution in [2.24, 2.45) is 5.41 Å². The van der Waals surface area contributed by atoms with Gasteiger partial charge >= 0.3 is 0 Å². The van der Waals surface area contributed by atoms with Crippen LogP contribution in [0.3, 0.4) is 0 Å². The van der Waals surface area contributed by atoms with Crippen LogP contribution in [0.1, 0.15) is 26.3 Å². The van der Waals surface area contributed by atoms with Crippen LogP contribution in [0.25, 0.3) is 0 Å². The molecule has 0 atom stereocenters. The summed E-state index contributed by atoms with van der Waals surface area (Å²) in [6, 6.07) is 10.6. The maximum absolute atomic E-state index is 12.4. The van der Waals surface area contributed by atoms with E-state index in [0.717, 1.165) is 26.2 Å². The Balaban J connectivity index is 1.65. The topological polar surface area (TPSA) is 23.6 Å². The first-order chi connectivity index (χ1) is 9.91. The molecule has 2 aliphatic rings. The Morgan fingerprint density at radius 2 is 1.90 bits per heavy atom. The van der Waals surface area contributed by atoms with Gasteiger partial charge in [-0.25, -0.2) is 0 Å². The molecule has 1 aromatic carbocycles. The van der Waals surface area contributed by atoms with Crippen molar-refractivity contribution in [3.63, 3.8) is 0 Å². The number of rotatable bonds is 2. The van der Waals surface area contributed by atoms with Crippen LogP contribution in [0, 0.1) is 5.41 Å². The van der Waals surface area contributed by atoms with Crippen LogP contribution in [0.5, 0.6) is 0 Å². The molecule has 114 valence electrons. The molecule has 0 aromatic heterocycles. The summed E-state index contributed by atoms with van der Waals surface area (Å²) in [7, 11) is 0. The van der Waals surface area contributed by atoms with Crippen molar-refractivity contribution < 1.29 is 4.79 Å². The van der Waals surface area contributed by atoms with E-state index >= 15 is 0 Å². The second-order valence-corrected chi connectivity index (χ2v) is 8.57. The second-order valence-electron chi connectivity index (χ2n) is 7.11. The van der Waals surface area contributed by atoms with Crippen molar-refractivity contribution >= 4 is 17.7 Å². The molecule has 0 N–H and O–H groups in total. The number of benzene rings is 1. The average molecular weight is 304 g/mol. The lowest BCUT2D eigenvalue weighted by molar-refractivity contribution is -0.148. The second kappa shape index (κ2) is 5.33. The van der Waals surface area contributed by atoms with Crippen LogP contribution >= 0.6 is 11.8 Å². The molecule has 0 bridgehead atoms. The molecule has 1 aromatic rings. The zero-order valence-corrected chi connectivity index (χ0v) is 13.9. The van der Waals surface area contributed by atoms with E-state index < -0.39 is 0 Å². The Labute approximate surface area is 131 Å². The highest BCUT2D eigenvalue weighted by Crippen LogP contribution is 2.44. The van der Waals surface area contributed by atoms with Crippen molar-refractivity contribution in [3.05, 3.63) is 35.9 Å². The molecule has 1 amide bonds. The Hall–Kier alpha value is -1.00. The molecule has 4 heteroatoms. The molecule has 0 aliphatic carbocycles. The summed E-state index contributed by atoms with van der Waals surface area (Å²) in [5.74, 6) is 1.45. The summed E-state index contributed by atoms with van der Waals surface area (Å²) in [5, 5.41) is 0. The Kier molecular flexibility index (Phi) is 3.78. The minimum Gasteiger partial charge on any atom is -0.337 e. The predicted molar refractivity (Wildman–Crippen MR) is 88.1 cm³/mol. The third kappa shape index (κ3) is 2.84. The first-order valence-corrected chi connectivity index (χ1v) is 8.62.